The Morgan fingerprint density at radius 2 is 2.06 bits per heavy atom. The maximum atomic E-state index is 11.5. The van der Waals surface area contributed by atoms with Crippen molar-refractivity contribution in [3.05, 3.63) is 28.2 Å². The van der Waals surface area contributed by atoms with Crippen LogP contribution in [0.15, 0.2) is 16.9 Å². The molecule has 98 valence electrons. The Labute approximate surface area is 107 Å². The average molecular weight is 248 g/mol. The van der Waals surface area contributed by atoms with Crippen molar-refractivity contribution in [2.45, 2.75) is 52.0 Å². The van der Waals surface area contributed by atoms with E-state index in [4.69, 9.17) is 0 Å². The van der Waals surface area contributed by atoms with Crippen LogP contribution >= 0.6 is 0 Å². The summed E-state index contributed by atoms with van der Waals surface area (Å²) in [7, 11) is 0. The molecule has 2 rings (SSSR count). The van der Waals surface area contributed by atoms with Crippen molar-refractivity contribution in [3.63, 3.8) is 0 Å². The first kappa shape index (κ1) is 13.0. The van der Waals surface area contributed by atoms with Crippen LogP contribution in [0.4, 0.5) is 0 Å². The van der Waals surface area contributed by atoms with Gasteiger partial charge in [-0.3, -0.25) is 4.79 Å². The van der Waals surface area contributed by atoms with E-state index in [-0.39, 0.29) is 12.1 Å². The maximum Gasteiger partial charge on any atom is 0.267 e. The number of hydrogen-bond donors (Lipinski definition) is 0. The summed E-state index contributed by atoms with van der Waals surface area (Å²) < 4.78 is 1.25. The summed E-state index contributed by atoms with van der Waals surface area (Å²) in [6.45, 7) is 4.64. The summed E-state index contributed by atoms with van der Waals surface area (Å²) in [5, 5.41) is 4.31. The zero-order valence-corrected chi connectivity index (χ0v) is 11.1. The van der Waals surface area contributed by atoms with E-state index in [1.165, 1.54) is 23.6 Å². The molecule has 4 heteroatoms. The highest BCUT2D eigenvalue weighted by molar-refractivity contribution is 5.48. The van der Waals surface area contributed by atoms with Crippen molar-refractivity contribution in [1.29, 1.82) is 0 Å². The third-order valence-electron chi connectivity index (χ3n) is 3.89. The first-order valence-electron chi connectivity index (χ1n) is 6.53. The van der Waals surface area contributed by atoms with E-state index in [0.717, 1.165) is 18.5 Å². The van der Waals surface area contributed by atoms with E-state index in [1.807, 2.05) is 6.07 Å². The first-order valence-corrected chi connectivity index (χ1v) is 6.53. The van der Waals surface area contributed by atoms with Crippen LogP contribution in [0.3, 0.4) is 0 Å². The molecule has 1 aliphatic carbocycles. The summed E-state index contributed by atoms with van der Waals surface area (Å²) in [6, 6.07) is 3.33. The Morgan fingerprint density at radius 3 is 2.67 bits per heavy atom. The SMILES string of the molecule is CC1(C)CCC(c2ccc(=O)n(CC=O)n2)CC1. The summed E-state index contributed by atoms with van der Waals surface area (Å²) in [5.74, 6) is 0.427. The molecule has 0 unspecified atom stereocenters. The van der Waals surface area contributed by atoms with Gasteiger partial charge in [-0.1, -0.05) is 13.8 Å². The number of aromatic nitrogens is 2. The minimum atomic E-state index is -0.206. The normalized spacial score (nSPS) is 19.7. The van der Waals surface area contributed by atoms with Crippen molar-refractivity contribution in [2.24, 2.45) is 5.41 Å². The molecule has 0 bridgehead atoms. The topological polar surface area (TPSA) is 52.0 Å². The van der Waals surface area contributed by atoms with Crippen LogP contribution in [0, 0.1) is 5.41 Å². The average Bonchev–Trinajstić information content (AvgIpc) is 2.32. The highest BCUT2D eigenvalue weighted by atomic mass is 16.1. The summed E-state index contributed by atoms with van der Waals surface area (Å²) in [4.78, 5) is 22.0. The van der Waals surface area contributed by atoms with Gasteiger partial charge in [0.05, 0.1) is 5.69 Å². The van der Waals surface area contributed by atoms with Crippen LogP contribution in [-0.4, -0.2) is 16.1 Å². The molecule has 1 aromatic heterocycles. The molecule has 0 aliphatic heterocycles. The largest absolute Gasteiger partial charge is 0.301 e. The van der Waals surface area contributed by atoms with E-state index in [0.29, 0.717) is 17.6 Å². The lowest BCUT2D eigenvalue weighted by molar-refractivity contribution is -0.108. The zero-order valence-electron chi connectivity index (χ0n) is 11.1. The number of rotatable bonds is 3. The van der Waals surface area contributed by atoms with Gasteiger partial charge in [0.25, 0.3) is 5.56 Å². The number of carbonyl (C=O) groups is 1. The number of nitrogens with zero attached hydrogens (tertiary/aromatic N) is 2. The van der Waals surface area contributed by atoms with Crippen LogP contribution in [0.1, 0.15) is 51.1 Å². The molecule has 4 nitrogen and oxygen atoms in total. The molecule has 0 aromatic carbocycles. The molecule has 1 saturated carbocycles. The van der Waals surface area contributed by atoms with Gasteiger partial charge in [-0.25, -0.2) is 4.68 Å². The van der Waals surface area contributed by atoms with E-state index in [2.05, 4.69) is 18.9 Å². The summed E-state index contributed by atoms with van der Waals surface area (Å²) >= 11 is 0. The van der Waals surface area contributed by atoms with Gasteiger partial charge in [0.15, 0.2) is 0 Å². The molecule has 0 amide bonds. The number of carbonyl (C=O) groups excluding carboxylic acids is 1. The molecule has 1 heterocycles. The van der Waals surface area contributed by atoms with Crippen LogP contribution in [0.5, 0.6) is 0 Å². The molecule has 0 saturated heterocycles. The second-order valence-corrected chi connectivity index (χ2v) is 5.88. The Bertz CT molecular complexity index is 481. The molecular formula is C14H20N2O2. The van der Waals surface area contributed by atoms with Gasteiger partial charge in [-0.15, -0.1) is 0 Å². The van der Waals surface area contributed by atoms with Gasteiger partial charge in [-0.2, -0.15) is 5.10 Å². The lowest BCUT2D eigenvalue weighted by Crippen LogP contribution is -2.26. The maximum absolute atomic E-state index is 11.5. The van der Waals surface area contributed by atoms with Gasteiger partial charge in [-0.05, 0) is 37.2 Å². The van der Waals surface area contributed by atoms with Gasteiger partial charge in [0, 0.05) is 12.0 Å². The monoisotopic (exact) mass is 248 g/mol. The number of aldehydes is 1. The molecule has 1 aliphatic rings. The van der Waals surface area contributed by atoms with Crippen LogP contribution in [0.2, 0.25) is 0 Å². The third-order valence-corrected chi connectivity index (χ3v) is 3.89. The lowest BCUT2D eigenvalue weighted by atomic mass is 9.72. The van der Waals surface area contributed by atoms with E-state index >= 15 is 0 Å². The minimum Gasteiger partial charge on any atom is -0.301 e. The molecule has 0 spiro atoms. The Hall–Kier alpha value is -1.45. The molecule has 18 heavy (non-hydrogen) atoms. The van der Waals surface area contributed by atoms with Gasteiger partial charge in [0.2, 0.25) is 0 Å². The van der Waals surface area contributed by atoms with Gasteiger partial charge >= 0.3 is 0 Å². The van der Waals surface area contributed by atoms with Crippen LogP contribution in [0.25, 0.3) is 0 Å². The van der Waals surface area contributed by atoms with Crippen molar-refractivity contribution >= 4 is 6.29 Å². The van der Waals surface area contributed by atoms with Gasteiger partial charge in [0.1, 0.15) is 12.8 Å². The molecule has 1 aromatic rings. The zero-order chi connectivity index (χ0) is 13.2. The van der Waals surface area contributed by atoms with Crippen LogP contribution in [-0.2, 0) is 11.3 Å². The highest BCUT2D eigenvalue weighted by Crippen LogP contribution is 2.41. The van der Waals surface area contributed by atoms with E-state index in [9.17, 15) is 9.59 Å². The minimum absolute atomic E-state index is 0.0465. The first-order chi connectivity index (χ1) is 8.52. The second-order valence-electron chi connectivity index (χ2n) is 5.88. The Balaban J connectivity index is 2.17. The molecule has 0 radical (unpaired) electrons. The highest BCUT2D eigenvalue weighted by Gasteiger charge is 2.28. The van der Waals surface area contributed by atoms with Crippen molar-refractivity contribution in [1.82, 2.24) is 9.78 Å². The standard InChI is InChI=1S/C14H20N2O2/c1-14(2)7-5-11(6-8-14)12-3-4-13(18)16(15-12)9-10-17/h3-4,10-11H,5-9H2,1-2H3. The molecule has 0 atom stereocenters. The second kappa shape index (κ2) is 5.04. The summed E-state index contributed by atoms with van der Waals surface area (Å²) in [5.41, 5.74) is 1.17. The van der Waals surface area contributed by atoms with Gasteiger partial charge < -0.3 is 4.79 Å². The molecule has 1 fully saturated rings. The number of hydrogen-bond acceptors (Lipinski definition) is 3. The summed E-state index contributed by atoms with van der Waals surface area (Å²) in [6.07, 6.45) is 5.30. The fourth-order valence-corrected chi connectivity index (χ4v) is 2.58. The fourth-order valence-electron chi connectivity index (χ4n) is 2.58. The van der Waals surface area contributed by atoms with E-state index < -0.39 is 0 Å². The van der Waals surface area contributed by atoms with Crippen molar-refractivity contribution in [3.8, 4) is 0 Å². The quantitative estimate of drug-likeness (QED) is 0.770. The van der Waals surface area contributed by atoms with Crippen molar-refractivity contribution < 1.29 is 4.79 Å². The van der Waals surface area contributed by atoms with E-state index in [1.54, 1.807) is 0 Å². The molecular weight excluding hydrogens is 228 g/mol. The third kappa shape index (κ3) is 2.86. The Kier molecular flexibility index (Phi) is 3.64. The lowest BCUT2D eigenvalue weighted by Gasteiger charge is -2.33. The smallest absolute Gasteiger partial charge is 0.267 e. The molecule has 0 N–H and O–H groups in total. The fraction of sp³-hybridized carbons (Fsp3) is 0.643. The van der Waals surface area contributed by atoms with Crippen LogP contribution < -0.4 is 5.56 Å². The van der Waals surface area contributed by atoms with Crippen molar-refractivity contribution in [2.75, 3.05) is 0 Å². The predicted molar refractivity (Wildman–Crippen MR) is 69.6 cm³/mol. The predicted octanol–water partition coefficient (Wildman–Crippen LogP) is 2.13. The Morgan fingerprint density at radius 1 is 1.39 bits per heavy atom.